The minimum Gasteiger partial charge on any atom is -0.317 e. The lowest BCUT2D eigenvalue weighted by atomic mass is 9.98. The monoisotopic (exact) mass is 253 g/mol. The van der Waals surface area contributed by atoms with Crippen molar-refractivity contribution in [2.24, 2.45) is 0 Å². The molecule has 0 aromatic heterocycles. The molecule has 3 nitrogen and oxygen atoms in total. The summed E-state index contributed by atoms with van der Waals surface area (Å²) in [6, 6.07) is 1.68. The molecule has 2 aliphatic heterocycles. The maximum atomic E-state index is 3.47. The summed E-state index contributed by atoms with van der Waals surface area (Å²) in [6.45, 7) is 8.59. The summed E-state index contributed by atoms with van der Waals surface area (Å²) in [5.74, 6) is 0. The molecule has 0 aliphatic carbocycles. The van der Waals surface area contributed by atoms with Crippen molar-refractivity contribution < 1.29 is 0 Å². The first kappa shape index (κ1) is 14.3. The lowest BCUT2D eigenvalue weighted by Gasteiger charge is -2.37. The molecule has 106 valence electrons. The molecule has 0 amide bonds. The van der Waals surface area contributed by atoms with Crippen molar-refractivity contribution in [2.75, 3.05) is 39.8 Å². The molecule has 0 spiro atoms. The standard InChI is InChI=1S/C15H31N3/c1-3-18(15-7-10-16-11-8-15)13-9-14-6-4-5-12-17(14)2/h14-16H,3-13H2,1-2H3. The summed E-state index contributed by atoms with van der Waals surface area (Å²) in [5.41, 5.74) is 0. The Labute approximate surface area is 113 Å². The number of nitrogens with zero attached hydrogens (tertiary/aromatic N) is 2. The van der Waals surface area contributed by atoms with Gasteiger partial charge in [-0.2, -0.15) is 0 Å². The third-order valence-corrected chi connectivity index (χ3v) is 4.90. The van der Waals surface area contributed by atoms with E-state index < -0.39 is 0 Å². The molecule has 0 bridgehead atoms. The second-order valence-corrected chi connectivity index (χ2v) is 6.03. The molecule has 3 heteroatoms. The molecular formula is C15H31N3. The van der Waals surface area contributed by atoms with Crippen LogP contribution in [0, 0.1) is 0 Å². The zero-order valence-electron chi connectivity index (χ0n) is 12.3. The summed E-state index contributed by atoms with van der Waals surface area (Å²) in [6.07, 6.45) is 8.31. The Morgan fingerprint density at radius 2 is 1.94 bits per heavy atom. The summed E-state index contributed by atoms with van der Waals surface area (Å²) in [5, 5.41) is 3.47. The van der Waals surface area contributed by atoms with Crippen LogP contribution in [0.5, 0.6) is 0 Å². The van der Waals surface area contributed by atoms with Gasteiger partial charge in [-0.15, -0.1) is 0 Å². The summed E-state index contributed by atoms with van der Waals surface area (Å²) in [7, 11) is 2.31. The molecule has 18 heavy (non-hydrogen) atoms. The lowest BCUT2D eigenvalue weighted by Crippen LogP contribution is -2.45. The van der Waals surface area contributed by atoms with Gasteiger partial charge in [0.15, 0.2) is 0 Å². The van der Waals surface area contributed by atoms with Crippen molar-refractivity contribution in [2.45, 2.75) is 57.5 Å². The molecule has 0 aromatic rings. The van der Waals surface area contributed by atoms with Crippen LogP contribution < -0.4 is 5.32 Å². The van der Waals surface area contributed by atoms with Gasteiger partial charge in [-0.25, -0.2) is 0 Å². The molecule has 0 aromatic carbocycles. The van der Waals surface area contributed by atoms with Crippen molar-refractivity contribution in [3.05, 3.63) is 0 Å². The number of likely N-dealkylation sites (tertiary alicyclic amines) is 1. The molecule has 1 unspecified atom stereocenters. The van der Waals surface area contributed by atoms with Crippen LogP contribution in [0.25, 0.3) is 0 Å². The third kappa shape index (κ3) is 3.94. The lowest BCUT2D eigenvalue weighted by molar-refractivity contribution is 0.125. The van der Waals surface area contributed by atoms with Crippen molar-refractivity contribution in [3.63, 3.8) is 0 Å². The largest absolute Gasteiger partial charge is 0.317 e. The molecule has 0 radical (unpaired) electrons. The predicted molar refractivity (Wildman–Crippen MR) is 78.0 cm³/mol. The molecule has 2 rings (SSSR count). The first-order chi connectivity index (χ1) is 8.81. The van der Waals surface area contributed by atoms with Gasteiger partial charge >= 0.3 is 0 Å². The average Bonchev–Trinajstić information content (AvgIpc) is 2.42. The fraction of sp³-hybridized carbons (Fsp3) is 1.00. The number of piperidine rings is 2. The highest BCUT2D eigenvalue weighted by atomic mass is 15.2. The van der Waals surface area contributed by atoms with Gasteiger partial charge in [-0.3, -0.25) is 0 Å². The number of rotatable bonds is 5. The topological polar surface area (TPSA) is 18.5 Å². The average molecular weight is 253 g/mol. The fourth-order valence-corrected chi connectivity index (χ4v) is 3.59. The smallest absolute Gasteiger partial charge is 0.0119 e. The van der Waals surface area contributed by atoms with E-state index in [0.717, 1.165) is 12.1 Å². The van der Waals surface area contributed by atoms with Gasteiger partial charge in [0.05, 0.1) is 0 Å². The van der Waals surface area contributed by atoms with Gasteiger partial charge in [0, 0.05) is 12.1 Å². The molecule has 2 saturated heterocycles. The fourth-order valence-electron chi connectivity index (χ4n) is 3.59. The highest BCUT2D eigenvalue weighted by Crippen LogP contribution is 2.19. The van der Waals surface area contributed by atoms with Crippen LogP contribution in [0.3, 0.4) is 0 Å². The zero-order valence-corrected chi connectivity index (χ0v) is 12.3. The molecule has 2 aliphatic rings. The van der Waals surface area contributed by atoms with Gasteiger partial charge < -0.3 is 15.1 Å². The first-order valence-corrected chi connectivity index (χ1v) is 7.96. The van der Waals surface area contributed by atoms with Crippen LogP contribution in [-0.4, -0.2) is 61.7 Å². The number of nitrogens with one attached hydrogen (secondary N) is 1. The number of hydrogen-bond donors (Lipinski definition) is 1. The molecular weight excluding hydrogens is 222 g/mol. The van der Waals surface area contributed by atoms with Crippen LogP contribution in [0.4, 0.5) is 0 Å². The van der Waals surface area contributed by atoms with E-state index in [1.54, 1.807) is 0 Å². The van der Waals surface area contributed by atoms with Gasteiger partial charge in [0.25, 0.3) is 0 Å². The van der Waals surface area contributed by atoms with Crippen molar-refractivity contribution >= 4 is 0 Å². The zero-order chi connectivity index (χ0) is 12.8. The van der Waals surface area contributed by atoms with E-state index in [-0.39, 0.29) is 0 Å². The van der Waals surface area contributed by atoms with Crippen molar-refractivity contribution in [1.82, 2.24) is 15.1 Å². The van der Waals surface area contributed by atoms with E-state index in [9.17, 15) is 0 Å². The van der Waals surface area contributed by atoms with Crippen LogP contribution >= 0.6 is 0 Å². The Hall–Kier alpha value is -0.120. The summed E-state index contributed by atoms with van der Waals surface area (Å²) >= 11 is 0. The Bertz CT molecular complexity index is 226. The van der Waals surface area contributed by atoms with E-state index in [1.165, 1.54) is 71.2 Å². The molecule has 1 atom stereocenters. The van der Waals surface area contributed by atoms with Crippen LogP contribution in [-0.2, 0) is 0 Å². The highest BCUT2D eigenvalue weighted by molar-refractivity contribution is 4.80. The molecule has 2 fully saturated rings. The quantitative estimate of drug-likeness (QED) is 0.808. The minimum atomic E-state index is 0.838. The van der Waals surface area contributed by atoms with Gasteiger partial charge in [-0.1, -0.05) is 13.3 Å². The van der Waals surface area contributed by atoms with E-state index >= 15 is 0 Å². The van der Waals surface area contributed by atoms with Gasteiger partial charge in [-0.05, 0) is 71.9 Å². The van der Waals surface area contributed by atoms with Crippen molar-refractivity contribution in [3.8, 4) is 0 Å². The van der Waals surface area contributed by atoms with E-state index in [1.807, 2.05) is 0 Å². The highest BCUT2D eigenvalue weighted by Gasteiger charge is 2.23. The summed E-state index contributed by atoms with van der Waals surface area (Å²) < 4.78 is 0. The Morgan fingerprint density at radius 3 is 2.61 bits per heavy atom. The molecule has 1 N–H and O–H groups in total. The number of hydrogen-bond acceptors (Lipinski definition) is 3. The maximum absolute atomic E-state index is 3.47. The second-order valence-electron chi connectivity index (χ2n) is 6.03. The second kappa shape index (κ2) is 7.46. The Kier molecular flexibility index (Phi) is 5.93. The molecule has 2 heterocycles. The minimum absolute atomic E-state index is 0.838. The third-order valence-electron chi connectivity index (χ3n) is 4.90. The summed E-state index contributed by atoms with van der Waals surface area (Å²) in [4.78, 5) is 5.31. The Balaban J connectivity index is 1.75. The first-order valence-electron chi connectivity index (χ1n) is 7.96. The van der Waals surface area contributed by atoms with E-state index in [0.29, 0.717) is 0 Å². The molecule has 0 saturated carbocycles. The maximum Gasteiger partial charge on any atom is 0.0119 e. The van der Waals surface area contributed by atoms with Gasteiger partial charge in [0.2, 0.25) is 0 Å². The van der Waals surface area contributed by atoms with Crippen LogP contribution in [0.2, 0.25) is 0 Å². The predicted octanol–water partition coefficient (Wildman–Crippen LogP) is 1.93. The van der Waals surface area contributed by atoms with Crippen molar-refractivity contribution in [1.29, 1.82) is 0 Å². The normalized spacial score (nSPS) is 27.8. The SMILES string of the molecule is CCN(CCC1CCCCN1C)C1CCNCC1. The van der Waals surface area contributed by atoms with Gasteiger partial charge in [0.1, 0.15) is 0 Å². The van der Waals surface area contributed by atoms with E-state index in [2.05, 4.69) is 29.1 Å². The van der Waals surface area contributed by atoms with E-state index in [4.69, 9.17) is 0 Å². The van der Waals surface area contributed by atoms with Crippen LogP contribution in [0.1, 0.15) is 45.4 Å². The van der Waals surface area contributed by atoms with Crippen LogP contribution in [0.15, 0.2) is 0 Å². The Morgan fingerprint density at radius 1 is 1.17 bits per heavy atom.